The number of nitrogens with one attached hydrogen (secondary N) is 1. The predicted octanol–water partition coefficient (Wildman–Crippen LogP) is 0.940. The second kappa shape index (κ2) is 6.93. The molecule has 1 fully saturated rings. The van der Waals surface area contributed by atoms with Crippen molar-refractivity contribution in [2.45, 2.75) is 25.7 Å². The average molecular weight is 275 g/mol. The number of carbonyl (C=O) groups excluding carboxylic acids is 2. The summed E-state index contributed by atoms with van der Waals surface area (Å²) >= 11 is 0. The molecule has 0 bridgehead atoms. The number of carbonyl (C=O) groups is 2. The third-order valence-corrected chi connectivity index (χ3v) is 3.49. The van der Waals surface area contributed by atoms with Gasteiger partial charge in [0, 0.05) is 18.8 Å². The molecule has 0 radical (unpaired) electrons. The van der Waals surface area contributed by atoms with Gasteiger partial charge in [-0.3, -0.25) is 9.59 Å². The molecule has 1 saturated heterocycles. The minimum absolute atomic E-state index is 0.00959. The van der Waals surface area contributed by atoms with Crippen LogP contribution in [0.4, 0.5) is 5.69 Å². The highest BCUT2D eigenvalue weighted by atomic mass is 16.2. The number of nitrogens with zero attached hydrogens (tertiary/aromatic N) is 1. The van der Waals surface area contributed by atoms with Gasteiger partial charge in [0.15, 0.2) is 0 Å². The van der Waals surface area contributed by atoms with Crippen molar-refractivity contribution in [3.63, 3.8) is 0 Å². The molecule has 1 aliphatic rings. The van der Waals surface area contributed by atoms with E-state index in [1.165, 1.54) is 6.42 Å². The number of nitrogen functional groups attached to an aromatic ring is 1. The molecule has 1 aliphatic heterocycles. The summed E-state index contributed by atoms with van der Waals surface area (Å²) in [5.74, 6) is -0.129. The van der Waals surface area contributed by atoms with Crippen LogP contribution < -0.4 is 11.1 Å². The number of nitrogens with two attached hydrogens (primary N) is 1. The third kappa shape index (κ3) is 4.26. The van der Waals surface area contributed by atoms with E-state index in [2.05, 4.69) is 5.32 Å². The highest BCUT2D eigenvalue weighted by Crippen LogP contribution is 2.08. The fourth-order valence-electron chi connectivity index (χ4n) is 2.31. The summed E-state index contributed by atoms with van der Waals surface area (Å²) in [6.07, 6.45) is 3.58. The molecule has 1 aromatic rings. The van der Waals surface area contributed by atoms with Gasteiger partial charge in [-0.1, -0.05) is 12.1 Å². The Labute approximate surface area is 119 Å². The number of amides is 2. The second-order valence-electron chi connectivity index (χ2n) is 5.14. The van der Waals surface area contributed by atoms with Gasteiger partial charge in [0.2, 0.25) is 11.8 Å². The zero-order valence-corrected chi connectivity index (χ0v) is 11.6. The summed E-state index contributed by atoms with van der Waals surface area (Å²) < 4.78 is 0. The fourth-order valence-corrected chi connectivity index (χ4v) is 2.31. The van der Waals surface area contributed by atoms with Crippen LogP contribution in [0.3, 0.4) is 0 Å². The lowest BCUT2D eigenvalue weighted by Crippen LogP contribution is -2.42. The first kappa shape index (κ1) is 14.4. The zero-order chi connectivity index (χ0) is 14.4. The van der Waals surface area contributed by atoms with Gasteiger partial charge in [-0.25, -0.2) is 0 Å². The van der Waals surface area contributed by atoms with E-state index in [-0.39, 0.29) is 24.8 Å². The molecule has 3 N–H and O–H groups in total. The maximum Gasteiger partial charge on any atom is 0.241 e. The summed E-state index contributed by atoms with van der Waals surface area (Å²) in [4.78, 5) is 25.5. The van der Waals surface area contributed by atoms with Gasteiger partial charge in [-0.2, -0.15) is 0 Å². The van der Waals surface area contributed by atoms with Gasteiger partial charge in [0.05, 0.1) is 13.0 Å². The molecule has 0 unspecified atom stereocenters. The van der Waals surface area contributed by atoms with Crippen LogP contribution >= 0.6 is 0 Å². The lowest BCUT2D eigenvalue weighted by Gasteiger charge is -2.26. The van der Waals surface area contributed by atoms with Gasteiger partial charge in [0.1, 0.15) is 0 Å². The van der Waals surface area contributed by atoms with E-state index in [1.54, 1.807) is 12.1 Å². The van der Waals surface area contributed by atoms with Crippen molar-refractivity contribution >= 4 is 17.5 Å². The Balaban J connectivity index is 1.74. The quantitative estimate of drug-likeness (QED) is 0.803. The van der Waals surface area contributed by atoms with E-state index in [9.17, 15) is 9.59 Å². The molecule has 5 nitrogen and oxygen atoms in total. The van der Waals surface area contributed by atoms with Crippen molar-refractivity contribution in [1.29, 1.82) is 0 Å². The summed E-state index contributed by atoms with van der Waals surface area (Å²) in [7, 11) is 0. The van der Waals surface area contributed by atoms with Crippen molar-refractivity contribution in [2.75, 3.05) is 25.4 Å². The molecule has 0 saturated carbocycles. The molecule has 0 aromatic heterocycles. The van der Waals surface area contributed by atoms with Crippen molar-refractivity contribution in [1.82, 2.24) is 10.2 Å². The summed E-state index contributed by atoms with van der Waals surface area (Å²) in [6, 6.07) is 7.17. The van der Waals surface area contributed by atoms with E-state index in [1.807, 2.05) is 17.0 Å². The minimum atomic E-state index is -0.139. The largest absolute Gasteiger partial charge is 0.399 e. The molecule has 108 valence electrons. The van der Waals surface area contributed by atoms with Crippen molar-refractivity contribution in [2.24, 2.45) is 0 Å². The molecule has 1 heterocycles. The lowest BCUT2D eigenvalue weighted by atomic mass is 10.1. The van der Waals surface area contributed by atoms with Gasteiger partial charge in [-0.15, -0.1) is 0 Å². The molecule has 5 heteroatoms. The van der Waals surface area contributed by atoms with E-state index >= 15 is 0 Å². The number of rotatable bonds is 4. The van der Waals surface area contributed by atoms with Crippen LogP contribution in [0.5, 0.6) is 0 Å². The molecule has 0 spiro atoms. The number of hydrogen-bond acceptors (Lipinski definition) is 3. The Bertz CT molecular complexity index is 465. The fraction of sp³-hybridized carbons (Fsp3) is 0.467. The maximum atomic E-state index is 11.9. The average Bonchev–Trinajstić information content (AvgIpc) is 2.48. The van der Waals surface area contributed by atoms with Crippen LogP contribution in [0.15, 0.2) is 24.3 Å². The molecule has 1 aromatic carbocycles. The molecule has 20 heavy (non-hydrogen) atoms. The Morgan fingerprint density at radius 2 is 1.75 bits per heavy atom. The van der Waals surface area contributed by atoms with Crippen molar-refractivity contribution < 1.29 is 9.59 Å². The lowest BCUT2D eigenvalue weighted by molar-refractivity contribution is -0.133. The van der Waals surface area contributed by atoms with Crippen LogP contribution in [0.1, 0.15) is 24.8 Å². The molecular formula is C15H21N3O2. The zero-order valence-electron chi connectivity index (χ0n) is 11.6. The Morgan fingerprint density at radius 3 is 2.40 bits per heavy atom. The summed E-state index contributed by atoms with van der Waals surface area (Å²) in [5, 5.41) is 2.68. The number of benzene rings is 1. The number of hydrogen-bond donors (Lipinski definition) is 2. The van der Waals surface area contributed by atoms with Crippen LogP contribution in [-0.2, 0) is 16.0 Å². The SMILES string of the molecule is Nc1ccc(CC(=O)NCC(=O)N2CCCCC2)cc1. The monoisotopic (exact) mass is 275 g/mol. The van der Waals surface area contributed by atoms with Crippen LogP contribution in [0, 0.1) is 0 Å². The number of likely N-dealkylation sites (tertiary alicyclic amines) is 1. The molecule has 2 rings (SSSR count). The van der Waals surface area contributed by atoms with E-state index in [0.29, 0.717) is 5.69 Å². The van der Waals surface area contributed by atoms with Crippen LogP contribution in [-0.4, -0.2) is 36.3 Å². The first-order chi connectivity index (χ1) is 9.65. The smallest absolute Gasteiger partial charge is 0.241 e. The predicted molar refractivity (Wildman–Crippen MR) is 78.0 cm³/mol. The Morgan fingerprint density at radius 1 is 1.10 bits per heavy atom. The van der Waals surface area contributed by atoms with Crippen LogP contribution in [0.2, 0.25) is 0 Å². The Kier molecular flexibility index (Phi) is 4.98. The van der Waals surface area contributed by atoms with Crippen molar-refractivity contribution in [3.05, 3.63) is 29.8 Å². The van der Waals surface area contributed by atoms with Gasteiger partial charge >= 0.3 is 0 Å². The summed E-state index contributed by atoms with van der Waals surface area (Å²) in [6.45, 7) is 1.72. The van der Waals surface area contributed by atoms with E-state index in [4.69, 9.17) is 5.73 Å². The van der Waals surface area contributed by atoms with Gasteiger partial charge in [0.25, 0.3) is 0 Å². The van der Waals surface area contributed by atoms with Crippen molar-refractivity contribution in [3.8, 4) is 0 Å². The third-order valence-electron chi connectivity index (χ3n) is 3.49. The van der Waals surface area contributed by atoms with Crippen LogP contribution in [0.25, 0.3) is 0 Å². The molecule has 0 atom stereocenters. The Hall–Kier alpha value is -2.04. The number of piperidine rings is 1. The first-order valence-corrected chi connectivity index (χ1v) is 7.04. The number of anilines is 1. The molecule has 0 aliphatic carbocycles. The molecule has 2 amide bonds. The first-order valence-electron chi connectivity index (χ1n) is 7.04. The highest BCUT2D eigenvalue weighted by Gasteiger charge is 2.16. The maximum absolute atomic E-state index is 11.9. The van der Waals surface area contributed by atoms with Gasteiger partial charge < -0.3 is 16.0 Å². The minimum Gasteiger partial charge on any atom is -0.399 e. The second-order valence-corrected chi connectivity index (χ2v) is 5.14. The summed E-state index contributed by atoms with van der Waals surface area (Å²) in [5.41, 5.74) is 7.15. The van der Waals surface area contributed by atoms with E-state index in [0.717, 1.165) is 31.5 Å². The topological polar surface area (TPSA) is 75.4 Å². The molecular weight excluding hydrogens is 254 g/mol. The standard InChI is InChI=1S/C15H21N3O2/c16-13-6-4-12(5-7-13)10-14(19)17-11-15(20)18-8-2-1-3-9-18/h4-7H,1-3,8-11,16H2,(H,17,19). The highest BCUT2D eigenvalue weighted by molar-refractivity contribution is 5.85. The van der Waals surface area contributed by atoms with Gasteiger partial charge in [-0.05, 0) is 37.0 Å². The normalized spacial score (nSPS) is 14.9. The van der Waals surface area contributed by atoms with E-state index < -0.39 is 0 Å².